The Kier molecular flexibility index (Phi) is 3.17. The number of halogens is 2. The minimum absolute atomic E-state index is 0.0243. The molecule has 1 aromatic heterocycles. The lowest BCUT2D eigenvalue weighted by Gasteiger charge is -2.06. The Morgan fingerprint density at radius 1 is 1.29 bits per heavy atom. The van der Waals surface area contributed by atoms with Gasteiger partial charge in [0.25, 0.3) is 5.88 Å². The second-order valence-corrected chi connectivity index (χ2v) is 3.34. The average Bonchev–Trinajstić information content (AvgIpc) is 2.32. The molecule has 2 rings (SSSR count). The second kappa shape index (κ2) is 4.76. The van der Waals surface area contributed by atoms with Gasteiger partial charge in [0, 0.05) is 12.4 Å². The molecule has 0 aliphatic carbocycles. The predicted molar refractivity (Wildman–Crippen MR) is 58.2 cm³/mol. The first-order valence-corrected chi connectivity index (χ1v) is 4.93. The highest BCUT2D eigenvalue weighted by Crippen LogP contribution is 2.28. The number of ether oxygens (including phenoxy) is 1. The minimum Gasteiger partial charge on any atom is -0.435 e. The van der Waals surface area contributed by atoms with E-state index in [1.54, 1.807) is 6.07 Å². The molecule has 4 nitrogen and oxygen atoms in total. The highest BCUT2D eigenvalue weighted by Gasteiger charge is 2.12. The Hall–Kier alpha value is -2.19. The number of aromatic nitrogens is 2. The zero-order valence-electron chi connectivity index (χ0n) is 8.39. The molecule has 0 saturated carbocycles. The van der Waals surface area contributed by atoms with Crippen LogP contribution in [-0.2, 0) is 0 Å². The fourth-order valence-electron chi connectivity index (χ4n) is 1.18. The molecule has 1 aromatic carbocycles. The summed E-state index contributed by atoms with van der Waals surface area (Å²) in [5, 5.41) is 8.85. The number of rotatable bonds is 2. The van der Waals surface area contributed by atoms with Crippen LogP contribution >= 0.6 is 11.6 Å². The molecular formula is C11H5ClFN3O. The van der Waals surface area contributed by atoms with Crippen molar-refractivity contribution in [1.82, 2.24) is 9.97 Å². The van der Waals surface area contributed by atoms with E-state index >= 15 is 0 Å². The molecule has 6 heteroatoms. The van der Waals surface area contributed by atoms with Crippen LogP contribution < -0.4 is 4.74 Å². The van der Waals surface area contributed by atoms with E-state index in [4.69, 9.17) is 21.6 Å². The summed E-state index contributed by atoms with van der Waals surface area (Å²) >= 11 is 5.73. The molecule has 0 radical (unpaired) electrons. The monoisotopic (exact) mass is 249 g/mol. The van der Waals surface area contributed by atoms with Crippen LogP contribution in [0, 0.1) is 17.1 Å². The van der Waals surface area contributed by atoms with Crippen molar-refractivity contribution in [2.24, 2.45) is 0 Å². The summed E-state index contributed by atoms with van der Waals surface area (Å²) in [4.78, 5) is 7.58. The summed E-state index contributed by atoms with van der Waals surface area (Å²) in [7, 11) is 0. The third-order valence-corrected chi connectivity index (χ3v) is 2.18. The first-order valence-electron chi connectivity index (χ1n) is 4.55. The van der Waals surface area contributed by atoms with Crippen LogP contribution in [0.15, 0.2) is 30.6 Å². The first-order chi connectivity index (χ1) is 8.22. The number of nitrogens with zero attached hydrogens (tertiary/aromatic N) is 3. The third kappa shape index (κ3) is 2.32. The quantitative estimate of drug-likeness (QED) is 0.821. The van der Waals surface area contributed by atoms with Crippen molar-refractivity contribution in [2.75, 3.05) is 0 Å². The van der Waals surface area contributed by atoms with Gasteiger partial charge in [-0.15, -0.1) is 0 Å². The summed E-state index contributed by atoms with van der Waals surface area (Å²) < 4.78 is 18.5. The van der Waals surface area contributed by atoms with E-state index in [-0.39, 0.29) is 22.3 Å². The fraction of sp³-hybridized carbons (Fsp3) is 0. The zero-order valence-corrected chi connectivity index (χ0v) is 9.15. The standard InChI is InChI=1S/C11H5ClFN3O/c12-10-11(16-5-4-15-10)17-9-3-1-2-8(13)7(9)6-14/h1-5H. The van der Waals surface area contributed by atoms with Crippen molar-refractivity contribution in [3.63, 3.8) is 0 Å². The van der Waals surface area contributed by atoms with E-state index in [1.807, 2.05) is 0 Å². The Labute approximate surface area is 101 Å². The van der Waals surface area contributed by atoms with Gasteiger partial charge in [-0.05, 0) is 12.1 Å². The molecule has 17 heavy (non-hydrogen) atoms. The van der Waals surface area contributed by atoms with Crippen molar-refractivity contribution >= 4 is 11.6 Å². The Morgan fingerprint density at radius 2 is 2.06 bits per heavy atom. The molecule has 0 fully saturated rings. The van der Waals surface area contributed by atoms with E-state index in [0.717, 1.165) is 0 Å². The fourth-order valence-corrected chi connectivity index (χ4v) is 1.32. The third-order valence-electron chi connectivity index (χ3n) is 1.92. The normalized spacial score (nSPS) is 9.71. The van der Waals surface area contributed by atoms with Crippen LogP contribution in [0.2, 0.25) is 5.15 Å². The van der Waals surface area contributed by atoms with E-state index in [9.17, 15) is 4.39 Å². The molecule has 0 unspecified atom stereocenters. The van der Waals surface area contributed by atoms with Crippen molar-refractivity contribution < 1.29 is 9.13 Å². The smallest absolute Gasteiger partial charge is 0.257 e. The molecule has 2 aromatic rings. The van der Waals surface area contributed by atoms with Gasteiger partial charge < -0.3 is 4.74 Å². The highest BCUT2D eigenvalue weighted by molar-refractivity contribution is 6.30. The van der Waals surface area contributed by atoms with Crippen LogP contribution in [0.4, 0.5) is 4.39 Å². The van der Waals surface area contributed by atoms with Gasteiger partial charge in [-0.2, -0.15) is 5.26 Å². The lowest BCUT2D eigenvalue weighted by Crippen LogP contribution is -1.94. The van der Waals surface area contributed by atoms with Gasteiger partial charge in [0.05, 0.1) is 0 Å². The largest absolute Gasteiger partial charge is 0.435 e. The van der Waals surface area contributed by atoms with E-state index in [2.05, 4.69) is 9.97 Å². The number of nitriles is 1. The Balaban J connectivity index is 2.41. The maximum Gasteiger partial charge on any atom is 0.257 e. The summed E-state index contributed by atoms with van der Waals surface area (Å²) in [6, 6.07) is 5.76. The average molecular weight is 250 g/mol. The Morgan fingerprint density at radius 3 is 2.76 bits per heavy atom. The molecular weight excluding hydrogens is 245 g/mol. The topological polar surface area (TPSA) is 58.8 Å². The van der Waals surface area contributed by atoms with Crippen LogP contribution in [0.3, 0.4) is 0 Å². The highest BCUT2D eigenvalue weighted by atomic mass is 35.5. The van der Waals surface area contributed by atoms with Gasteiger partial charge in [-0.1, -0.05) is 17.7 Å². The van der Waals surface area contributed by atoms with Gasteiger partial charge in [-0.25, -0.2) is 14.4 Å². The van der Waals surface area contributed by atoms with Gasteiger partial charge in [0.2, 0.25) is 0 Å². The van der Waals surface area contributed by atoms with Crippen LogP contribution in [0.1, 0.15) is 5.56 Å². The van der Waals surface area contributed by atoms with E-state index in [0.29, 0.717) is 0 Å². The van der Waals surface area contributed by atoms with Crippen molar-refractivity contribution in [3.05, 3.63) is 47.1 Å². The van der Waals surface area contributed by atoms with E-state index < -0.39 is 5.82 Å². The van der Waals surface area contributed by atoms with Gasteiger partial charge in [-0.3, -0.25) is 0 Å². The van der Waals surface area contributed by atoms with E-state index in [1.165, 1.54) is 30.6 Å². The molecule has 84 valence electrons. The first kappa shape index (κ1) is 11.3. The maximum atomic E-state index is 13.3. The number of hydrogen-bond acceptors (Lipinski definition) is 4. The summed E-state index contributed by atoms with van der Waals surface area (Å²) in [5.41, 5.74) is -0.200. The molecule has 0 amide bonds. The second-order valence-electron chi connectivity index (χ2n) is 2.98. The summed E-state index contributed by atoms with van der Waals surface area (Å²) in [6.07, 6.45) is 2.78. The van der Waals surface area contributed by atoms with Crippen LogP contribution in [0.25, 0.3) is 0 Å². The van der Waals surface area contributed by atoms with Crippen molar-refractivity contribution in [2.45, 2.75) is 0 Å². The number of hydrogen-bond donors (Lipinski definition) is 0. The lowest BCUT2D eigenvalue weighted by atomic mass is 10.2. The molecule has 1 heterocycles. The minimum atomic E-state index is -0.662. The Bertz CT molecular complexity index is 598. The summed E-state index contributed by atoms with van der Waals surface area (Å²) in [6.45, 7) is 0. The molecule has 0 bridgehead atoms. The molecule has 0 saturated heterocycles. The van der Waals surface area contributed by atoms with Crippen molar-refractivity contribution in [3.8, 4) is 17.7 Å². The van der Waals surface area contributed by atoms with Gasteiger partial charge >= 0.3 is 0 Å². The van der Waals surface area contributed by atoms with Gasteiger partial charge in [0.1, 0.15) is 23.2 Å². The molecule has 0 N–H and O–H groups in total. The number of benzene rings is 1. The zero-order chi connectivity index (χ0) is 12.3. The van der Waals surface area contributed by atoms with Crippen molar-refractivity contribution in [1.29, 1.82) is 5.26 Å². The molecule has 0 spiro atoms. The molecule has 0 atom stereocenters. The molecule has 0 aliphatic heterocycles. The SMILES string of the molecule is N#Cc1c(F)cccc1Oc1nccnc1Cl. The maximum absolute atomic E-state index is 13.3. The lowest BCUT2D eigenvalue weighted by molar-refractivity contribution is 0.453. The van der Waals surface area contributed by atoms with Crippen LogP contribution in [0.5, 0.6) is 11.6 Å². The molecule has 0 aliphatic rings. The van der Waals surface area contributed by atoms with Gasteiger partial charge in [0.15, 0.2) is 5.15 Å². The van der Waals surface area contributed by atoms with Crippen LogP contribution in [-0.4, -0.2) is 9.97 Å². The predicted octanol–water partition coefficient (Wildman–Crippen LogP) is 2.93. The summed E-state index contributed by atoms with van der Waals surface area (Å²) in [5.74, 6) is -0.587.